The molecule has 3 heterocycles. The number of hydrogen-bond acceptors (Lipinski definition) is 3. The van der Waals surface area contributed by atoms with E-state index >= 15 is 0 Å². The van der Waals surface area contributed by atoms with E-state index in [9.17, 15) is 0 Å². The Kier molecular flexibility index (Phi) is 8.55. The van der Waals surface area contributed by atoms with Gasteiger partial charge in [0.1, 0.15) is 22.3 Å². The van der Waals surface area contributed by atoms with Gasteiger partial charge in [-0.15, -0.1) is 0 Å². The summed E-state index contributed by atoms with van der Waals surface area (Å²) in [4.78, 5) is 2.38. The van der Waals surface area contributed by atoms with E-state index in [4.69, 9.17) is 8.83 Å². The molecule has 14 rings (SSSR count). The first-order valence-electron chi connectivity index (χ1n) is 23.2. The van der Waals surface area contributed by atoms with Gasteiger partial charge >= 0.3 is 0 Å². The molecule has 0 aliphatic heterocycles. The lowest BCUT2D eigenvalue weighted by Crippen LogP contribution is -2.11. The monoisotopic (exact) mass is 868 g/mol. The van der Waals surface area contributed by atoms with Gasteiger partial charge in [0.2, 0.25) is 0 Å². The average molecular weight is 869 g/mol. The van der Waals surface area contributed by atoms with Crippen molar-refractivity contribution in [1.82, 2.24) is 4.57 Å². The highest BCUT2D eigenvalue weighted by atomic mass is 16.3. The van der Waals surface area contributed by atoms with Gasteiger partial charge in [-0.05, 0) is 94.9 Å². The third-order valence-electron chi connectivity index (χ3n) is 13.8. The van der Waals surface area contributed by atoms with Crippen molar-refractivity contribution in [3.8, 4) is 39.1 Å². The maximum Gasteiger partial charge on any atom is 0.143 e. The van der Waals surface area contributed by atoms with E-state index in [1.807, 2.05) is 12.1 Å². The highest BCUT2D eigenvalue weighted by Crippen LogP contribution is 2.46. The molecule has 4 nitrogen and oxygen atoms in total. The molecule has 0 amide bonds. The van der Waals surface area contributed by atoms with Gasteiger partial charge in [-0.1, -0.05) is 170 Å². The van der Waals surface area contributed by atoms with Crippen molar-refractivity contribution >= 4 is 93.5 Å². The molecule has 3 aromatic heterocycles. The van der Waals surface area contributed by atoms with Gasteiger partial charge in [0, 0.05) is 65.8 Å². The number of fused-ring (bicyclic) bond motifs is 11. The van der Waals surface area contributed by atoms with Crippen LogP contribution in [0.15, 0.2) is 251 Å². The third-order valence-corrected chi connectivity index (χ3v) is 13.8. The Morgan fingerprint density at radius 3 is 1.65 bits per heavy atom. The van der Waals surface area contributed by atoms with Crippen LogP contribution in [0.1, 0.15) is 0 Å². The molecule has 0 aliphatic carbocycles. The Balaban J connectivity index is 0.925. The summed E-state index contributed by atoms with van der Waals surface area (Å²) in [5.41, 5.74) is 16.9. The molecular formula is C64H40N2O2. The first-order chi connectivity index (χ1) is 33.7. The van der Waals surface area contributed by atoms with Crippen LogP contribution in [0.25, 0.3) is 116 Å². The number of aromatic nitrogens is 1. The third kappa shape index (κ3) is 5.94. The van der Waals surface area contributed by atoms with E-state index in [1.165, 1.54) is 21.8 Å². The fourth-order valence-electron chi connectivity index (χ4n) is 10.7. The molecule has 0 saturated heterocycles. The lowest BCUT2D eigenvalue weighted by Gasteiger charge is -2.28. The number of benzene rings is 11. The topological polar surface area (TPSA) is 34.5 Å². The Labute approximate surface area is 391 Å². The highest BCUT2D eigenvalue weighted by molar-refractivity contribution is 6.18. The Morgan fingerprint density at radius 2 is 0.868 bits per heavy atom. The van der Waals surface area contributed by atoms with Crippen LogP contribution in [0.3, 0.4) is 0 Å². The first kappa shape index (κ1) is 38.2. The molecule has 0 unspecified atom stereocenters. The predicted octanol–water partition coefficient (Wildman–Crippen LogP) is 18.2. The minimum absolute atomic E-state index is 0.876. The molecule has 0 saturated carbocycles. The van der Waals surface area contributed by atoms with E-state index < -0.39 is 0 Å². The van der Waals surface area contributed by atoms with E-state index in [-0.39, 0.29) is 0 Å². The first-order valence-corrected chi connectivity index (χ1v) is 23.2. The summed E-state index contributed by atoms with van der Waals surface area (Å²) in [5, 5.41) is 9.22. The summed E-state index contributed by atoms with van der Waals surface area (Å²) >= 11 is 0. The standard InChI is InChI=1S/C64H40N2O2/c1-2-16-48-42(14-1)32-38-55-54-22-13-21-53(64(54)68-63(48)55)51-19-6-9-24-58(51)65(45-34-28-41(29-35-45)44-33-39-62-56(40-44)52-20-7-12-27-61(52)67-62)46-36-30-43(31-37-46)47-15-3-8-23-57(47)66-59-25-10-4-17-49(59)50-18-5-11-26-60(50)66/h1-40H. The number of anilines is 3. The molecule has 68 heavy (non-hydrogen) atoms. The number of rotatable bonds is 7. The van der Waals surface area contributed by atoms with Crippen molar-refractivity contribution < 1.29 is 8.83 Å². The van der Waals surface area contributed by atoms with Crippen LogP contribution < -0.4 is 4.90 Å². The number of hydrogen-bond donors (Lipinski definition) is 0. The molecule has 0 radical (unpaired) electrons. The summed E-state index contributed by atoms with van der Waals surface area (Å²) in [6.45, 7) is 0. The summed E-state index contributed by atoms with van der Waals surface area (Å²) in [7, 11) is 0. The zero-order chi connectivity index (χ0) is 44.7. The van der Waals surface area contributed by atoms with E-state index in [1.54, 1.807) is 0 Å². The number of para-hydroxylation sites is 6. The number of nitrogens with zero attached hydrogens (tertiary/aromatic N) is 2. The van der Waals surface area contributed by atoms with E-state index in [0.717, 1.165) is 111 Å². The second kappa shape index (κ2) is 15.2. The molecule has 14 aromatic rings. The van der Waals surface area contributed by atoms with Crippen molar-refractivity contribution in [3.63, 3.8) is 0 Å². The molecular weight excluding hydrogens is 829 g/mol. The smallest absolute Gasteiger partial charge is 0.143 e. The Bertz CT molecular complexity index is 4210. The molecule has 0 N–H and O–H groups in total. The summed E-state index contributed by atoms with van der Waals surface area (Å²) < 4.78 is 15.5. The lowest BCUT2D eigenvalue weighted by atomic mass is 9.98. The van der Waals surface area contributed by atoms with Gasteiger partial charge in [0.15, 0.2) is 0 Å². The summed E-state index contributed by atoms with van der Waals surface area (Å²) in [6.07, 6.45) is 0. The molecule has 0 aliphatic rings. The molecule has 0 bridgehead atoms. The van der Waals surface area contributed by atoms with Gasteiger partial charge in [-0.3, -0.25) is 0 Å². The van der Waals surface area contributed by atoms with Crippen LogP contribution in [-0.2, 0) is 0 Å². The van der Waals surface area contributed by atoms with Gasteiger partial charge in [0.25, 0.3) is 0 Å². The van der Waals surface area contributed by atoms with Crippen LogP contribution in [0, 0.1) is 0 Å². The van der Waals surface area contributed by atoms with E-state index in [2.05, 4.69) is 240 Å². The zero-order valence-corrected chi connectivity index (χ0v) is 36.8. The van der Waals surface area contributed by atoms with E-state index in [0.29, 0.717) is 0 Å². The SMILES string of the molecule is c1ccc(N(c2ccc(-c3ccc4oc5ccccc5c4c3)cc2)c2ccc(-c3ccccc3-n3c4ccccc4c4ccccc43)cc2)c(-c2cccc3c2oc2c4ccccc4ccc32)c1. The van der Waals surface area contributed by atoms with Crippen molar-refractivity contribution in [2.45, 2.75) is 0 Å². The second-order valence-corrected chi connectivity index (χ2v) is 17.6. The maximum absolute atomic E-state index is 6.95. The zero-order valence-electron chi connectivity index (χ0n) is 36.8. The highest BCUT2D eigenvalue weighted by Gasteiger charge is 2.22. The molecule has 0 atom stereocenters. The fraction of sp³-hybridized carbons (Fsp3) is 0. The van der Waals surface area contributed by atoms with Crippen molar-refractivity contribution in [1.29, 1.82) is 0 Å². The van der Waals surface area contributed by atoms with Gasteiger partial charge in [-0.25, -0.2) is 0 Å². The van der Waals surface area contributed by atoms with Crippen LogP contribution in [0.4, 0.5) is 17.1 Å². The lowest BCUT2D eigenvalue weighted by molar-refractivity contribution is 0.669. The molecule has 318 valence electrons. The molecule has 0 fully saturated rings. The molecule has 11 aromatic carbocycles. The minimum Gasteiger partial charge on any atom is -0.456 e. The quantitative estimate of drug-likeness (QED) is 0.160. The summed E-state index contributed by atoms with van der Waals surface area (Å²) in [5.74, 6) is 0. The average Bonchev–Trinajstić information content (AvgIpc) is 4.09. The fourth-order valence-corrected chi connectivity index (χ4v) is 10.7. The number of furan rings is 2. The van der Waals surface area contributed by atoms with Crippen molar-refractivity contribution in [2.24, 2.45) is 0 Å². The van der Waals surface area contributed by atoms with Crippen LogP contribution in [-0.4, -0.2) is 4.57 Å². The van der Waals surface area contributed by atoms with Gasteiger partial charge in [-0.2, -0.15) is 0 Å². The van der Waals surface area contributed by atoms with Gasteiger partial charge < -0.3 is 18.3 Å². The largest absolute Gasteiger partial charge is 0.456 e. The normalized spacial score (nSPS) is 11.8. The summed E-state index contributed by atoms with van der Waals surface area (Å²) in [6, 6.07) is 87.0. The van der Waals surface area contributed by atoms with Crippen LogP contribution in [0.2, 0.25) is 0 Å². The molecule has 4 heteroatoms. The van der Waals surface area contributed by atoms with Crippen LogP contribution >= 0.6 is 0 Å². The molecule has 0 spiro atoms. The van der Waals surface area contributed by atoms with Crippen LogP contribution in [0.5, 0.6) is 0 Å². The Morgan fingerprint density at radius 1 is 0.309 bits per heavy atom. The second-order valence-electron chi connectivity index (χ2n) is 17.6. The maximum atomic E-state index is 6.95. The minimum atomic E-state index is 0.876. The predicted molar refractivity (Wildman–Crippen MR) is 284 cm³/mol. The van der Waals surface area contributed by atoms with Gasteiger partial charge in [0.05, 0.1) is 22.4 Å². The van der Waals surface area contributed by atoms with Crippen molar-refractivity contribution in [3.05, 3.63) is 243 Å². The van der Waals surface area contributed by atoms with Crippen molar-refractivity contribution in [2.75, 3.05) is 4.90 Å². The Hall–Kier alpha value is -9.12.